The minimum atomic E-state index is -0.924. The number of carboxylic acids is 1. The molecule has 1 N–H and O–H groups in total. The molecular weight excluding hydrogens is 290 g/mol. The number of thiophene rings is 1. The van der Waals surface area contributed by atoms with Crippen LogP contribution in [0.2, 0.25) is 0 Å². The highest BCUT2D eigenvalue weighted by Gasteiger charge is 2.39. The number of likely N-dealkylation sites (N-methyl/N-ethyl adjacent to an activating group) is 1. The van der Waals surface area contributed by atoms with Gasteiger partial charge in [0.05, 0.1) is 24.8 Å². The first-order valence-corrected chi connectivity index (χ1v) is 7.51. The van der Waals surface area contributed by atoms with Gasteiger partial charge in [-0.25, -0.2) is 0 Å². The van der Waals surface area contributed by atoms with Gasteiger partial charge in [0.25, 0.3) is 5.91 Å². The topological polar surface area (TPSA) is 66.8 Å². The Morgan fingerprint density at radius 2 is 2.10 bits per heavy atom. The molecule has 1 saturated heterocycles. The molecule has 0 bridgehead atoms. The molecule has 2 aromatic rings. The van der Waals surface area contributed by atoms with Gasteiger partial charge in [0.1, 0.15) is 5.92 Å². The van der Waals surface area contributed by atoms with Crippen molar-refractivity contribution >= 4 is 33.3 Å². The lowest BCUT2D eigenvalue weighted by Crippen LogP contribution is -2.44. The number of carbonyl (C=O) groups excluding carboxylic acids is 1. The first kappa shape index (κ1) is 14.0. The monoisotopic (exact) mass is 305 g/mol. The van der Waals surface area contributed by atoms with Gasteiger partial charge in [-0.2, -0.15) is 0 Å². The summed E-state index contributed by atoms with van der Waals surface area (Å²) in [6.45, 7) is 0.420. The van der Waals surface area contributed by atoms with Crippen molar-refractivity contribution in [3.05, 3.63) is 35.2 Å². The number of benzene rings is 1. The Labute approximate surface area is 125 Å². The average molecular weight is 305 g/mol. The summed E-state index contributed by atoms with van der Waals surface area (Å²) in [5.41, 5.74) is 0.620. The molecule has 1 amide bonds. The maximum absolute atomic E-state index is 12.7. The van der Waals surface area contributed by atoms with Crippen LogP contribution in [0.1, 0.15) is 10.4 Å². The quantitative estimate of drug-likeness (QED) is 0.942. The fourth-order valence-corrected chi connectivity index (χ4v) is 3.58. The van der Waals surface area contributed by atoms with Crippen LogP contribution >= 0.6 is 11.3 Å². The third kappa shape index (κ3) is 2.41. The lowest BCUT2D eigenvalue weighted by Gasteiger charge is -2.26. The molecule has 2 heterocycles. The molecule has 1 aliphatic rings. The van der Waals surface area contributed by atoms with Crippen LogP contribution in [0.5, 0.6) is 0 Å². The highest BCUT2D eigenvalue weighted by atomic mass is 32.1. The minimum Gasteiger partial charge on any atom is -0.481 e. The van der Waals surface area contributed by atoms with Crippen molar-refractivity contribution in [3.63, 3.8) is 0 Å². The van der Waals surface area contributed by atoms with Gasteiger partial charge in [0.15, 0.2) is 0 Å². The van der Waals surface area contributed by atoms with Crippen molar-refractivity contribution in [1.29, 1.82) is 0 Å². The second-order valence-electron chi connectivity index (χ2n) is 5.11. The van der Waals surface area contributed by atoms with Crippen molar-refractivity contribution in [3.8, 4) is 0 Å². The number of nitrogens with zero attached hydrogens (tertiary/aromatic N) is 1. The molecule has 5 nitrogen and oxygen atoms in total. The molecule has 1 fully saturated rings. The van der Waals surface area contributed by atoms with Crippen LogP contribution in [0.3, 0.4) is 0 Å². The first-order chi connectivity index (χ1) is 10.1. The molecule has 0 aliphatic carbocycles. The van der Waals surface area contributed by atoms with E-state index >= 15 is 0 Å². The molecule has 0 spiro atoms. The standard InChI is InChI=1S/C15H15NO4S/c1-16(12-7-20-6-10(12)15(18)19)14(17)11-8-21-13-5-3-2-4-9(11)13/h2-5,8,10,12H,6-7H2,1H3,(H,18,19). The summed E-state index contributed by atoms with van der Waals surface area (Å²) in [7, 11) is 1.64. The van der Waals surface area contributed by atoms with Gasteiger partial charge in [-0.3, -0.25) is 9.59 Å². The highest BCUT2D eigenvalue weighted by molar-refractivity contribution is 7.17. The molecule has 21 heavy (non-hydrogen) atoms. The summed E-state index contributed by atoms with van der Waals surface area (Å²) in [6, 6.07) is 7.28. The van der Waals surface area contributed by atoms with Crippen LogP contribution in [0.15, 0.2) is 29.6 Å². The maximum Gasteiger partial charge on any atom is 0.311 e. The zero-order valence-electron chi connectivity index (χ0n) is 11.5. The van der Waals surface area contributed by atoms with Crippen molar-refractivity contribution in [2.75, 3.05) is 20.3 Å². The Kier molecular flexibility index (Phi) is 3.65. The third-order valence-corrected chi connectivity index (χ3v) is 4.86. The van der Waals surface area contributed by atoms with Gasteiger partial charge in [-0.1, -0.05) is 18.2 Å². The van der Waals surface area contributed by atoms with E-state index < -0.39 is 17.9 Å². The van der Waals surface area contributed by atoms with Crippen LogP contribution in [0, 0.1) is 5.92 Å². The van der Waals surface area contributed by atoms with Gasteiger partial charge in [-0.15, -0.1) is 11.3 Å². The molecule has 0 saturated carbocycles. The van der Waals surface area contributed by atoms with Crippen molar-refractivity contribution in [2.24, 2.45) is 5.92 Å². The van der Waals surface area contributed by atoms with Crippen LogP contribution in [0.25, 0.3) is 10.1 Å². The van der Waals surface area contributed by atoms with Gasteiger partial charge in [0.2, 0.25) is 0 Å². The van der Waals surface area contributed by atoms with E-state index in [4.69, 9.17) is 4.74 Å². The summed E-state index contributed by atoms with van der Waals surface area (Å²) >= 11 is 1.51. The van der Waals surface area contributed by atoms with Crippen LogP contribution in [-0.2, 0) is 9.53 Å². The van der Waals surface area contributed by atoms with E-state index in [9.17, 15) is 14.7 Å². The fraction of sp³-hybridized carbons (Fsp3) is 0.333. The number of ether oxygens (including phenoxy) is 1. The third-order valence-electron chi connectivity index (χ3n) is 3.90. The van der Waals surface area contributed by atoms with Crippen molar-refractivity contribution < 1.29 is 19.4 Å². The van der Waals surface area contributed by atoms with E-state index in [2.05, 4.69) is 0 Å². The maximum atomic E-state index is 12.7. The largest absolute Gasteiger partial charge is 0.481 e. The Morgan fingerprint density at radius 1 is 1.33 bits per heavy atom. The average Bonchev–Trinajstić information content (AvgIpc) is 3.12. The van der Waals surface area contributed by atoms with Crippen LogP contribution < -0.4 is 0 Å². The van der Waals surface area contributed by atoms with Gasteiger partial charge < -0.3 is 14.7 Å². The molecule has 2 unspecified atom stereocenters. The van der Waals surface area contributed by atoms with Crippen LogP contribution in [-0.4, -0.2) is 48.2 Å². The fourth-order valence-electron chi connectivity index (χ4n) is 2.64. The van der Waals surface area contributed by atoms with Crippen LogP contribution in [0.4, 0.5) is 0 Å². The second-order valence-corrected chi connectivity index (χ2v) is 6.02. The summed E-state index contributed by atoms with van der Waals surface area (Å²) in [6.07, 6.45) is 0. The highest BCUT2D eigenvalue weighted by Crippen LogP contribution is 2.28. The van der Waals surface area contributed by atoms with E-state index in [-0.39, 0.29) is 19.1 Å². The lowest BCUT2D eigenvalue weighted by atomic mass is 10.0. The zero-order valence-corrected chi connectivity index (χ0v) is 12.3. The number of amides is 1. The zero-order chi connectivity index (χ0) is 15.0. The van der Waals surface area contributed by atoms with E-state index in [0.29, 0.717) is 5.56 Å². The molecule has 1 aliphatic heterocycles. The van der Waals surface area contributed by atoms with E-state index in [1.54, 1.807) is 7.05 Å². The van der Waals surface area contributed by atoms with Gasteiger partial charge >= 0.3 is 5.97 Å². The molecular formula is C15H15NO4S. The number of hydrogen-bond donors (Lipinski definition) is 1. The molecule has 6 heteroatoms. The lowest BCUT2D eigenvalue weighted by molar-refractivity contribution is -0.142. The molecule has 3 rings (SSSR count). The number of rotatable bonds is 3. The van der Waals surface area contributed by atoms with Crippen molar-refractivity contribution in [1.82, 2.24) is 4.90 Å². The number of carboxylic acid groups (broad SMARTS) is 1. The number of fused-ring (bicyclic) bond motifs is 1. The van der Waals surface area contributed by atoms with E-state index in [1.807, 2.05) is 29.6 Å². The summed E-state index contributed by atoms with van der Waals surface area (Å²) < 4.78 is 6.28. The first-order valence-electron chi connectivity index (χ1n) is 6.63. The van der Waals surface area contributed by atoms with E-state index in [0.717, 1.165) is 10.1 Å². The molecule has 2 atom stereocenters. The number of aliphatic carboxylic acids is 1. The summed E-state index contributed by atoms with van der Waals surface area (Å²) in [5, 5.41) is 11.9. The summed E-state index contributed by atoms with van der Waals surface area (Å²) in [5.74, 6) is -1.75. The van der Waals surface area contributed by atoms with Gasteiger partial charge in [0, 0.05) is 22.5 Å². The predicted octanol–water partition coefficient (Wildman–Crippen LogP) is 2.07. The molecule has 1 aromatic heterocycles. The molecule has 110 valence electrons. The Morgan fingerprint density at radius 3 is 2.86 bits per heavy atom. The Hall–Kier alpha value is -1.92. The van der Waals surface area contributed by atoms with E-state index in [1.165, 1.54) is 16.2 Å². The Bertz CT molecular complexity index is 696. The number of carbonyl (C=O) groups is 2. The minimum absolute atomic E-state index is 0.155. The van der Waals surface area contributed by atoms with Gasteiger partial charge in [-0.05, 0) is 6.07 Å². The van der Waals surface area contributed by atoms with Crippen molar-refractivity contribution in [2.45, 2.75) is 6.04 Å². The Balaban J connectivity index is 1.89. The molecule has 1 aromatic carbocycles. The second kappa shape index (κ2) is 5.46. The predicted molar refractivity (Wildman–Crippen MR) is 79.7 cm³/mol. The smallest absolute Gasteiger partial charge is 0.311 e. The SMILES string of the molecule is CN(C(=O)c1csc2ccccc12)C1COCC1C(=O)O. The summed E-state index contributed by atoms with van der Waals surface area (Å²) in [4.78, 5) is 25.4. The normalized spacial score (nSPS) is 21.6. The molecule has 0 radical (unpaired) electrons. The number of hydrogen-bond acceptors (Lipinski definition) is 4.